The van der Waals surface area contributed by atoms with Gasteiger partial charge in [-0.1, -0.05) is 31.0 Å². The van der Waals surface area contributed by atoms with Crippen LogP contribution in [0.3, 0.4) is 0 Å². The Bertz CT molecular complexity index is 506. The highest BCUT2D eigenvalue weighted by atomic mass is 32.2. The first kappa shape index (κ1) is 16.1. The molecule has 6 nitrogen and oxygen atoms in total. The summed E-state index contributed by atoms with van der Waals surface area (Å²) in [7, 11) is 0. The predicted molar refractivity (Wildman–Crippen MR) is 72.6 cm³/mol. The van der Waals surface area contributed by atoms with E-state index >= 15 is 0 Å². The molecule has 0 radical (unpaired) electrons. The van der Waals surface area contributed by atoms with E-state index in [1.807, 2.05) is 6.92 Å². The van der Waals surface area contributed by atoms with Crippen LogP contribution in [0.2, 0.25) is 0 Å². The largest absolute Gasteiger partial charge is 0.302 e. The molecule has 0 aliphatic carbocycles. The summed E-state index contributed by atoms with van der Waals surface area (Å²) in [5, 5.41) is 2.98. The lowest BCUT2D eigenvalue weighted by molar-refractivity contribution is 0.552. The minimum Gasteiger partial charge on any atom is -0.302 e. The van der Waals surface area contributed by atoms with Gasteiger partial charge in [-0.3, -0.25) is 0 Å². The van der Waals surface area contributed by atoms with E-state index in [0.29, 0.717) is 12.0 Å². The lowest BCUT2D eigenvalue weighted by Crippen LogP contribution is -2.04. The van der Waals surface area contributed by atoms with E-state index in [9.17, 15) is 17.9 Å². The molecule has 0 bridgehead atoms. The highest BCUT2D eigenvalue weighted by Gasteiger charge is 2.20. The smallest absolute Gasteiger partial charge is 0.186 e. The minimum absolute atomic E-state index is 0.0151. The van der Waals surface area contributed by atoms with Crippen molar-refractivity contribution in [1.82, 2.24) is 0 Å². The Morgan fingerprint density at radius 1 is 1.26 bits per heavy atom. The van der Waals surface area contributed by atoms with E-state index in [2.05, 4.69) is 5.18 Å². The van der Waals surface area contributed by atoms with Gasteiger partial charge in [-0.25, -0.2) is 8.42 Å². The minimum atomic E-state index is -2.34. The Morgan fingerprint density at radius 2 is 1.95 bits per heavy atom. The molecule has 0 saturated heterocycles. The van der Waals surface area contributed by atoms with Crippen LogP contribution in [0, 0.1) is 4.91 Å². The number of rotatable bonds is 7. The normalized spacial score (nSPS) is 15.7. The van der Waals surface area contributed by atoms with Crippen LogP contribution in [0.1, 0.15) is 37.8 Å². The third-order valence-corrected chi connectivity index (χ3v) is 4.08. The average molecular weight is 305 g/mol. The van der Waals surface area contributed by atoms with Gasteiger partial charge in [0.15, 0.2) is 22.2 Å². The Kier molecular flexibility index (Phi) is 6.43. The molecule has 0 aliphatic rings. The van der Waals surface area contributed by atoms with Crippen LogP contribution in [0.4, 0.5) is 0 Å². The molecule has 0 amide bonds. The van der Waals surface area contributed by atoms with Gasteiger partial charge in [0.25, 0.3) is 0 Å². The predicted octanol–water partition coefficient (Wildman–Crippen LogP) is 2.85. The molecule has 0 spiro atoms. The lowest BCUT2D eigenvalue weighted by atomic mass is 10.0. The zero-order valence-corrected chi connectivity index (χ0v) is 11.9. The van der Waals surface area contributed by atoms with Crippen LogP contribution in [0.5, 0.6) is 0 Å². The Morgan fingerprint density at radius 3 is 2.42 bits per heavy atom. The standard InChI is InChI=1S/C11H15NO5S2/c1-2-3-4-10(12-13)9-6-5-8(18(14)15)7-11(9)19(16)17/h5-7,10H,2-4H2,1H3,(H,14,15)(H,16,17). The Balaban J connectivity index is 3.21. The summed E-state index contributed by atoms with van der Waals surface area (Å²) in [5.41, 5.74) is 0.332. The molecule has 0 aliphatic heterocycles. The van der Waals surface area contributed by atoms with Gasteiger partial charge < -0.3 is 9.11 Å². The van der Waals surface area contributed by atoms with Gasteiger partial charge in [-0.15, -0.1) is 0 Å². The fourth-order valence-electron chi connectivity index (χ4n) is 1.71. The molecule has 2 N–H and O–H groups in total. The summed E-state index contributed by atoms with van der Waals surface area (Å²) in [6.45, 7) is 1.96. The second-order valence-electron chi connectivity index (χ2n) is 3.96. The quantitative estimate of drug-likeness (QED) is 0.595. The van der Waals surface area contributed by atoms with Gasteiger partial charge in [0, 0.05) is 0 Å². The topological polar surface area (TPSA) is 104 Å². The fourth-order valence-corrected chi connectivity index (χ4v) is 2.82. The molecule has 0 aromatic heterocycles. The molecule has 8 heteroatoms. The summed E-state index contributed by atoms with van der Waals surface area (Å²) < 4.78 is 40.4. The van der Waals surface area contributed by atoms with E-state index in [0.717, 1.165) is 18.9 Å². The summed E-state index contributed by atoms with van der Waals surface area (Å²) in [6, 6.07) is 3.21. The zero-order chi connectivity index (χ0) is 14.4. The van der Waals surface area contributed by atoms with E-state index < -0.39 is 28.2 Å². The molecule has 1 rings (SSSR count). The first-order valence-electron chi connectivity index (χ1n) is 5.69. The highest BCUT2D eigenvalue weighted by Crippen LogP contribution is 2.29. The van der Waals surface area contributed by atoms with Crippen LogP contribution < -0.4 is 0 Å². The number of nitroso groups, excluding NO2 is 1. The van der Waals surface area contributed by atoms with Crippen molar-refractivity contribution in [3.63, 3.8) is 0 Å². The van der Waals surface area contributed by atoms with E-state index in [1.54, 1.807) is 0 Å². The molecule has 0 saturated carbocycles. The molecule has 19 heavy (non-hydrogen) atoms. The lowest BCUT2D eigenvalue weighted by Gasteiger charge is -2.12. The average Bonchev–Trinajstić information content (AvgIpc) is 2.39. The maximum Gasteiger partial charge on any atom is 0.186 e. The highest BCUT2D eigenvalue weighted by molar-refractivity contribution is 7.80. The Hall–Kier alpha value is -0.960. The van der Waals surface area contributed by atoms with Crippen molar-refractivity contribution in [2.75, 3.05) is 0 Å². The van der Waals surface area contributed by atoms with Gasteiger partial charge in [0.1, 0.15) is 6.04 Å². The SMILES string of the molecule is CCCCC(N=O)c1ccc(S(=O)O)cc1S(=O)O. The van der Waals surface area contributed by atoms with E-state index in [-0.39, 0.29) is 9.79 Å². The summed E-state index contributed by atoms with van der Waals surface area (Å²) in [6.07, 6.45) is 2.12. The maximum atomic E-state index is 11.3. The summed E-state index contributed by atoms with van der Waals surface area (Å²) in [5.74, 6) is 0. The van der Waals surface area contributed by atoms with Crippen molar-refractivity contribution in [2.24, 2.45) is 5.18 Å². The number of nitrogens with zero attached hydrogens (tertiary/aromatic N) is 1. The molecular weight excluding hydrogens is 290 g/mol. The van der Waals surface area contributed by atoms with E-state index in [4.69, 9.17) is 4.55 Å². The van der Waals surface area contributed by atoms with Crippen molar-refractivity contribution < 1.29 is 17.5 Å². The molecule has 3 atom stereocenters. The van der Waals surface area contributed by atoms with Gasteiger partial charge in [0.2, 0.25) is 0 Å². The number of hydrogen-bond donors (Lipinski definition) is 2. The monoisotopic (exact) mass is 305 g/mol. The van der Waals surface area contributed by atoms with Gasteiger partial charge in [-0.2, -0.15) is 4.91 Å². The zero-order valence-electron chi connectivity index (χ0n) is 10.3. The maximum absolute atomic E-state index is 11.3. The molecule has 1 aromatic carbocycles. The van der Waals surface area contributed by atoms with Crippen LogP contribution in [-0.4, -0.2) is 17.5 Å². The molecule has 0 heterocycles. The summed E-state index contributed by atoms with van der Waals surface area (Å²) in [4.78, 5) is 10.8. The number of hydrogen-bond acceptors (Lipinski definition) is 4. The van der Waals surface area contributed by atoms with Crippen LogP contribution in [0.25, 0.3) is 0 Å². The second kappa shape index (κ2) is 7.59. The first-order valence-corrected chi connectivity index (χ1v) is 7.90. The summed E-state index contributed by atoms with van der Waals surface area (Å²) >= 11 is -4.58. The fraction of sp³-hybridized carbons (Fsp3) is 0.455. The van der Waals surface area contributed by atoms with Gasteiger partial charge in [0.05, 0.1) is 9.79 Å². The Labute approximate surface area is 116 Å². The third kappa shape index (κ3) is 4.27. The first-order chi connectivity index (χ1) is 9.01. The molecule has 3 unspecified atom stereocenters. The van der Waals surface area contributed by atoms with Gasteiger partial charge >= 0.3 is 0 Å². The van der Waals surface area contributed by atoms with Crippen molar-refractivity contribution in [1.29, 1.82) is 0 Å². The van der Waals surface area contributed by atoms with Crippen molar-refractivity contribution in [3.8, 4) is 0 Å². The van der Waals surface area contributed by atoms with Crippen molar-refractivity contribution >= 4 is 22.2 Å². The number of benzene rings is 1. The van der Waals surface area contributed by atoms with Crippen molar-refractivity contribution in [3.05, 3.63) is 28.7 Å². The van der Waals surface area contributed by atoms with Crippen LogP contribution in [-0.2, 0) is 22.2 Å². The molecule has 106 valence electrons. The second-order valence-corrected chi connectivity index (χ2v) is 5.87. The third-order valence-electron chi connectivity index (χ3n) is 2.69. The van der Waals surface area contributed by atoms with Gasteiger partial charge in [-0.05, 0) is 24.1 Å². The number of unbranched alkanes of at least 4 members (excludes halogenated alkanes) is 1. The van der Waals surface area contributed by atoms with Crippen molar-refractivity contribution in [2.45, 2.75) is 42.0 Å². The van der Waals surface area contributed by atoms with Crippen LogP contribution in [0.15, 0.2) is 33.2 Å². The van der Waals surface area contributed by atoms with Crippen LogP contribution >= 0.6 is 0 Å². The molecule has 0 fully saturated rings. The molecule has 1 aromatic rings. The molecular formula is C11H15NO5S2. The van der Waals surface area contributed by atoms with E-state index in [1.165, 1.54) is 12.1 Å².